The van der Waals surface area contributed by atoms with E-state index in [-0.39, 0.29) is 11.8 Å². The summed E-state index contributed by atoms with van der Waals surface area (Å²) in [4.78, 5) is 10.8. The van der Waals surface area contributed by atoms with Crippen LogP contribution in [0.3, 0.4) is 0 Å². The number of unbranched alkanes of at least 4 members (excludes halogenated alkanes) is 1. The van der Waals surface area contributed by atoms with Gasteiger partial charge in [-0.05, 0) is 18.8 Å². The van der Waals surface area contributed by atoms with E-state index in [9.17, 15) is 4.79 Å². The Morgan fingerprint density at radius 3 is 2.13 bits per heavy atom. The highest BCUT2D eigenvalue weighted by molar-refractivity contribution is 5.76. The SMILES string of the molecule is C=CC(=C)C(C)CCCCC(C)C(N)=O. The zero-order valence-electron chi connectivity index (χ0n) is 9.96. The monoisotopic (exact) mass is 209 g/mol. The average molecular weight is 209 g/mol. The molecule has 0 aliphatic carbocycles. The maximum Gasteiger partial charge on any atom is 0.220 e. The number of amides is 1. The van der Waals surface area contributed by atoms with E-state index >= 15 is 0 Å². The maximum absolute atomic E-state index is 10.8. The van der Waals surface area contributed by atoms with Gasteiger partial charge in [0.2, 0.25) is 5.91 Å². The van der Waals surface area contributed by atoms with E-state index in [0.717, 1.165) is 31.3 Å². The van der Waals surface area contributed by atoms with Crippen LogP contribution >= 0.6 is 0 Å². The summed E-state index contributed by atoms with van der Waals surface area (Å²) in [6, 6.07) is 0. The van der Waals surface area contributed by atoms with Crippen LogP contribution in [0.15, 0.2) is 24.8 Å². The molecule has 0 saturated heterocycles. The summed E-state index contributed by atoms with van der Waals surface area (Å²) in [5, 5.41) is 0. The van der Waals surface area contributed by atoms with Crippen LogP contribution in [-0.2, 0) is 4.79 Å². The molecular formula is C13H23NO. The minimum Gasteiger partial charge on any atom is -0.369 e. The van der Waals surface area contributed by atoms with Crippen LogP contribution in [-0.4, -0.2) is 5.91 Å². The molecule has 0 fully saturated rings. The second kappa shape index (κ2) is 7.27. The van der Waals surface area contributed by atoms with Crippen LogP contribution in [0.1, 0.15) is 39.5 Å². The summed E-state index contributed by atoms with van der Waals surface area (Å²) in [6.07, 6.45) is 5.99. The van der Waals surface area contributed by atoms with Gasteiger partial charge in [0.25, 0.3) is 0 Å². The van der Waals surface area contributed by atoms with Crippen LogP contribution in [0.25, 0.3) is 0 Å². The summed E-state index contributed by atoms with van der Waals surface area (Å²) >= 11 is 0. The molecule has 0 heterocycles. The van der Waals surface area contributed by atoms with Crippen LogP contribution in [0.5, 0.6) is 0 Å². The van der Waals surface area contributed by atoms with Gasteiger partial charge in [-0.25, -0.2) is 0 Å². The Morgan fingerprint density at radius 1 is 1.27 bits per heavy atom. The van der Waals surface area contributed by atoms with Crippen molar-refractivity contribution >= 4 is 5.91 Å². The number of rotatable bonds is 8. The molecule has 86 valence electrons. The first kappa shape index (κ1) is 13.9. The molecular weight excluding hydrogens is 186 g/mol. The molecule has 0 aromatic rings. The normalized spacial score (nSPS) is 14.3. The van der Waals surface area contributed by atoms with Crippen molar-refractivity contribution in [3.05, 3.63) is 24.8 Å². The van der Waals surface area contributed by atoms with Crippen LogP contribution < -0.4 is 5.73 Å². The zero-order valence-corrected chi connectivity index (χ0v) is 9.96. The van der Waals surface area contributed by atoms with E-state index in [1.54, 1.807) is 0 Å². The molecule has 0 aromatic carbocycles. The molecule has 0 aromatic heterocycles. The number of hydrogen-bond acceptors (Lipinski definition) is 1. The third-order valence-electron chi connectivity index (χ3n) is 2.91. The highest BCUT2D eigenvalue weighted by atomic mass is 16.1. The first-order valence-electron chi connectivity index (χ1n) is 5.59. The average Bonchev–Trinajstić information content (AvgIpc) is 2.22. The Bertz CT molecular complexity index is 233. The molecule has 0 saturated carbocycles. The lowest BCUT2D eigenvalue weighted by Gasteiger charge is -2.12. The van der Waals surface area contributed by atoms with E-state index in [1.807, 2.05) is 13.0 Å². The molecule has 0 radical (unpaired) electrons. The number of primary amides is 1. The second-order valence-corrected chi connectivity index (χ2v) is 4.27. The minimum absolute atomic E-state index is 0.00270. The third-order valence-corrected chi connectivity index (χ3v) is 2.91. The number of carbonyl (C=O) groups excluding carboxylic acids is 1. The van der Waals surface area contributed by atoms with Gasteiger partial charge < -0.3 is 5.73 Å². The number of carbonyl (C=O) groups is 1. The maximum atomic E-state index is 10.8. The molecule has 0 aliphatic heterocycles. The molecule has 0 rings (SSSR count). The number of allylic oxidation sites excluding steroid dienone is 2. The number of hydrogen-bond donors (Lipinski definition) is 1. The van der Waals surface area contributed by atoms with E-state index < -0.39 is 0 Å². The highest BCUT2D eigenvalue weighted by Gasteiger charge is 2.08. The lowest BCUT2D eigenvalue weighted by molar-refractivity contribution is -0.121. The van der Waals surface area contributed by atoms with Gasteiger partial charge in [0, 0.05) is 5.92 Å². The van der Waals surface area contributed by atoms with Crippen molar-refractivity contribution in [2.24, 2.45) is 17.6 Å². The first-order chi connectivity index (χ1) is 6.99. The van der Waals surface area contributed by atoms with Crippen molar-refractivity contribution < 1.29 is 4.79 Å². The molecule has 15 heavy (non-hydrogen) atoms. The predicted molar refractivity (Wildman–Crippen MR) is 65.3 cm³/mol. The molecule has 0 spiro atoms. The van der Waals surface area contributed by atoms with Gasteiger partial charge in [0.05, 0.1) is 0 Å². The molecule has 2 unspecified atom stereocenters. The lowest BCUT2D eigenvalue weighted by Crippen LogP contribution is -2.20. The Kier molecular flexibility index (Phi) is 6.76. The summed E-state index contributed by atoms with van der Waals surface area (Å²) in [5.74, 6) is 0.299. The molecule has 2 N–H and O–H groups in total. The van der Waals surface area contributed by atoms with Crippen molar-refractivity contribution in [1.29, 1.82) is 0 Å². The first-order valence-corrected chi connectivity index (χ1v) is 5.59. The fraction of sp³-hybridized carbons (Fsp3) is 0.615. The largest absolute Gasteiger partial charge is 0.369 e. The quantitative estimate of drug-likeness (QED) is 0.484. The van der Waals surface area contributed by atoms with E-state index in [4.69, 9.17) is 5.73 Å². The molecule has 2 heteroatoms. The fourth-order valence-electron chi connectivity index (χ4n) is 1.43. The van der Waals surface area contributed by atoms with E-state index in [0.29, 0.717) is 5.92 Å². The van der Waals surface area contributed by atoms with Gasteiger partial charge in [-0.1, -0.05) is 51.5 Å². The van der Waals surface area contributed by atoms with Crippen molar-refractivity contribution in [3.8, 4) is 0 Å². The van der Waals surface area contributed by atoms with Crippen molar-refractivity contribution in [1.82, 2.24) is 0 Å². The fourth-order valence-corrected chi connectivity index (χ4v) is 1.43. The third kappa shape index (κ3) is 6.10. The van der Waals surface area contributed by atoms with E-state index in [2.05, 4.69) is 20.1 Å². The Morgan fingerprint density at radius 2 is 1.73 bits per heavy atom. The van der Waals surface area contributed by atoms with Gasteiger partial charge in [0.1, 0.15) is 0 Å². The van der Waals surface area contributed by atoms with Gasteiger partial charge in [-0.15, -0.1) is 0 Å². The smallest absolute Gasteiger partial charge is 0.220 e. The summed E-state index contributed by atoms with van der Waals surface area (Å²) in [7, 11) is 0. The van der Waals surface area contributed by atoms with Crippen molar-refractivity contribution in [2.75, 3.05) is 0 Å². The Hall–Kier alpha value is -1.05. The lowest BCUT2D eigenvalue weighted by atomic mass is 9.94. The summed E-state index contributed by atoms with van der Waals surface area (Å²) in [6.45, 7) is 11.7. The summed E-state index contributed by atoms with van der Waals surface area (Å²) < 4.78 is 0. The van der Waals surface area contributed by atoms with Gasteiger partial charge in [0.15, 0.2) is 0 Å². The molecule has 2 nitrogen and oxygen atoms in total. The number of nitrogens with two attached hydrogens (primary N) is 1. The van der Waals surface area contributed by atoms with Gasteiger partial charge in [-0.2, -0.15) is 0 Å². The van der Waals surface area contributed by atoms with Crippen molar-refractivity contribution in [3.63, 3.8) is 0 Å². The Balaban J connectivity index is 3.58. The van der Waals surface area contributed by atoms with Crippen molar-refractivity contribution in [2.45, 2.75) is 39.5 Å². The van der Waals surface area contributed by atoms with Crippen LogP contribution in [0, 0.1) is 11.8 Å². The topological polar surface area (TPSA) is 43.1 Å². The summed E-state index contributed by atoms with van der Waals surface area (Å²) in [5.41, 5.74) is 6.28. The van der Waals surface area contributed by atoms with Gasteiger partial charge >= 0.3 is 0 Å². The standard InChI is InChI=1S/C13H23NO/c1-5-10(2)11(3)8-6-7-9-12(4)13(14)15/h5,11-12H,1-2,6-9H2,3-4H3,(H2,14,15). The molecule has 2 atom stereocenters. The predicted octanol–water partition coefficient (Wildman–Crippen LogP) is 3.05. The second-order valence-electron chi connectivity index (χ2n) is 4.27. The van der Waals surface area contributed by atoms with Gasteiger partial charge in [-0.3, -0.25) is 4.79 Å². The Labute approximate surface area is 93.2 Å². The molecule has 1 amide bonds. The molecule has 0 aliphatic rings. The van der Waals surface area contributed by atoms with E-state index in [1.165, 1.54) is 0 Å². The zero-order chi connectivity index (χ0) is 11.8. The highest BCUT2D eigenvalue weighted by Crippen LogP contribution is 2.18. The van der Waals surface area contributed by atoms with Crippen LogP contribution in [0.4, 0.5) is 0 Å². The van der Waals surface area contributed by atoms with Crippen LogP contribution in [0.2, 0.25) is 0 Å². The minimum atomic E-state index is -0.196. The molecule has 0 bridgehead atoms.